The molecule has 24 heavy (non-hydrogen) atoms. The normalized spacial score (nSPS) is 18.3. The molecule has 128 valence electrons. The molecule has 1 amide bonds. The first-order chi connectivity index (χ1) is 11.6. The SMILES string of the molecule is CC(O)C1CCN(C(=O)C(Cc2ccccc2)n2cnnn2)CC1. The van der Waals surface area contributed by atoms with Gasteiger partial charge in [-0.1, -0.05) is 30.3 Å². The number of carbonyl (C=O) groups excluding carboxylic acids is 1. The van der Waals surface area contributed by atoms with E-state index in [-0.39, 0.29) is 17.9 Å². The number of amides is 1. The molecule has 2 atom stereocenters. The molecular formula is C17H23N5O2. The van der Waals surface area contributed by atoms with Crippen molar-refractivity contribution in [1.82, 2.24) is 25.1 Å². The molecule has 7 nitrogen and oxygen atoms in total. The zero-order valence-electron chi connectivity index (χ0n) is 13.8. The second-order valence-corrected chi connectivity index (χ2v) is 6.40. The Bertz CT molecular complexity index is 636. The first kappa shape index (κ1) is 16.6. The quantitative estimate of drug-likeness (QED) is 0.887. The van der Waals surface area contributed by atoms with Crippen molar-refractivity contribution in [1.29, 1.82) is 0 Å². The lowest BCUT2D eigenvalue weighted by molar-refractivity contribution is -0.137. The van der Waals surface area contributed by atoms with Crippen molar-refractivity contribution in [3.05, 3.63) is 42.2 Å². The van der Waals surface area contributed by atoms with Gasteiger partial charge in [-0.15, -0.1) is 5.10 Å². The molecule has 0 bridgehead atoms. The second kappa shape index (κ2) is 7.53. The molecule has 1 saturated heterocycles. The number of rotatable bonds is 5. The molecule has 1 N–H and O–H groups in total. The van der Waals surface area contributed by atoms with Crippen LogP contribution in [0.4, 0.5) is 0 Å². The van der Waals surface area contributed by atoms with E-state index in [4.69, 9.17) is 0 Å². The lowest BCUT2D eigenvalue weighted by atomic mass is 9.91. The number of hydrogen-bond donors (Lipinski definition) is 1. The third-order valence-electron chi connectivity index (χ3n) is 4.77. The molecule has 1 fully saturated rings. The molecule has 0 aliphatic carbocycles. The number of piperidine rings is 1. The Morgan fingerprint density at radius 3 is 2.58 bits per heavy atom. The molecule has 3 rings (SSSR count). The summed E-state index contributed by atoms with van der Waals surface area (Å²) >= 11 is 0. The van der Waals surface area contributed by atoms with Crippen LogP contribution in [0.1, 0.15) is 31.4 Å². The summed E-state index contributed by atoms with van der Waals surface area (Å²) in [6.45, 7) is 3.16. The van der Waals surface area contributed by atoms with Crippen LogP contribution in [0, 0.1) is 5.92 Å². The van der Waals surface area contributed by atoms with Crippen LogP contribution in [0.15, 0.2) is 36.7 Å². The number of carbonyl (C=O) groups is 1. The number of aliphatic hydroxyl groups is 1. The first-order valence-corrected chi connectivity index (χ1v) is 8.38. The van der Waals surface area contributed by atoms with E-state index < -0.39 is 6.04 Å². The van der Waals surface area contributed by atoms with E-state index in [1.165, 1.54) is 11.0 Å². The molecule has 2 aromatic rings. The van der Waals surface area contributed by atoms with E-state index in [0.29, 0.717) is 19.5 Å². The molecule has 1 aliphatic rings. The summed E-state index contributed by atoms with van der Waals surface area (Å²) < 4.78 is 1.54. The number of benzene rings is 1. The van der Waals surface area contributed by atoms with Crippen LogP contribution >= 0.6 is 0 Å². The van der Waals surface area contributed by atoms with Crippen LogP contribution in [-0.4, -0.2) is 55.3 Å². The molecule has 7 heteroatoms. The predicted molar refractivity (Wildman–Crippen MR) is 88.0 cm³/mol. The van der Waals surface area contributed by atoms with Gasteiger partial charge in [0, 0.05) is 19.5 Å². The van der Waals surface area contributed by atoms with Gasteiger partial charge in [-0.2, -0.15) is 0 Å². The van der Waals surface area contributed by atoms with Gasteiger partial charge in [0.15, 0.2) is 0 Å². The highest BCUT2D eigenvalue weighted by molar-refractivity contribution is 5.80. The third kappa shape index (κ3) is 3.79. The molecule has 1 aliphatic heterocycles. The van der Waals surface area contributed by atoms with Crippen LogP contribution < -0.4 is 0 Å². The minimum Gasteiger partial charge on any atom is -0.393 e. The highest BCUT2D eigenvalue weighted by Gasteiger charge is 2.31. The van der Waals surface area contributed by atoms with Crippen molar-refractivity contribution in [2.75, 3.05) is 13.1 Å². The van der Waals surface area contributed by atoms with Gasteiger partial charge in [-0.25, -0.2) is 4.68 Å². The highest BCUT2D eigenvalue weighted by atomic mass is 16.3. The molecule has 1 aromatic heterocycles. The number of nitrogens with zero attached hydrogens (tertiary/aromatic N) is 5. The summed E-state index contributed by atoms with van der Waals surface area (Å²) in [5.41, 5.74) is 1.07. The number of aromatic nitrogens is 4. The van der Waals surface area contributed by atoms with Crippen molar-refractivity contribution in [2.24, 2.45) is 5.92 Å². The molecule has 0 radical (unpaired) electrons. The van der Waals surface area contributed by atoms with E-state index in [1.54, 1.807) is 0 Å². The Labute approximate surface area is 141 Å². The highest BCUT2D eigenvalue weighted by Crippen LogP contribution is 2.24. The number of aliphatic hydroxyl groups excluding tert-OH is 1. The van der Waals surface area contributed by atoms with Gasteiger partial charge in [0.2, 0.25) is 5.91 Å². The molecule has 1 aromatic carbocycles. The average molecular weight is 329 g/mol. The average Bonchev–Trinajstić information content (AvgIpc) is 3.14. The summed E-state index contributed by atoms with van der Waals surface area (Å²) in [5.74, 6) is 0.310. The van der Waals surface area contributed by atoms with Gasteiger partial charge in [0.25, 0.3) is 0 Å². The maximum atomic E-state index is 13.0. The van der Waals surface area contributed by atoms with Crippen LogP contribution in [-0.2, 0) is 11.2 Å². The Kier molecular flexibility index (Phi) is 5.20. The van der Waals surface area contributed by atoms with Crippen molar-refractivity contribution in [3.8, 4) is 0 Å². The molecule has 2 unspecified atom stereocenters. The number of hydrogen-bond acceptors (Lipinski definition) is 5. The molecule has 2 heterocycles. The van der Waals surface area contributed by atoms with Gasteiger partial charge >= 0.3 is 0 Å². The van der Waals surface area contributed by atoms with E-state index in [9.17, 15) is 9.90 Å². The van der Waals surface area contributed by atoms with Crippen molar-refractivity contribution >= 4 is 5.91 Å². The lowest BCUT2D eigenvalue weighted by Crippen LogP contribution is -2.44. The lowest BCUT2D eigenvalue weighted by Gasteiger charge is -2.35. The Balaban J connectivity index is 1.73. The maximum Gasteiger partial charge on any atom is 0.247 e. The molecule has 0 saturated carbocycles. The number of tetrazole rings is 1. The standard InChI is InChI=1S/C17H23N5O2/c1-13(23)15-7-9-21(10-8-15)17(24)16(22-12-18-19-20-22)11-14-5-3-2-4-6-14/h2-6,12-13,15-16,23H,7-11H2,1H3. The Morgan fingerprint density at radius 2 is 2.00 bits per heavy atom. The Morgan fingerprint density at radius 1 is 1.29 bits per heavy atom. The summed E-state index contributed by atoms with van der Waals surface area (Å²) in [6, 6.07) is 9.45. The topological polar surface area (TPSA) is 84.1 Å². The van der Waals surface area contributed by atoms with E-state index in [0.717, 1.165) is 18.4 Å². The van der Waals surface area contributed by atoms with Crippen molar-refractivity contribution < 1.29 is 9.90 Å². The zero-order valence-corrected chi connectivity index (χ0v) is 13.8. The van der Waals surface area contributed by atoms with Crippen LogP contribution in [0.5, 0.6) is 0 Å². The maximum absolute atomic E-state index is 13.0. The summed E-state index contributed by atoms with van der Waals surface area (Å²) in [5, 5.41) is 21.0. The molecule has 0 spiro atoms. The summed E-state index contributed by atoms with van der Waals surface area (Å²) in [7, 11) is 0. The minimum absolute atomic E-state index is 0.0372. The van der Waals surface area contributed by atoms with Gasteiger partial charge in [-0.3, -0.25) is 4.79 Å². The zero-order chi connectivity index (χ0) is 16.9. The van der Waals surface area contributed by atoms with Crippen molar-refractivity contribution in [3.63, 3.8) is 0 Å². The van der Waals surface area contributed by atoms with Crippen LogP contribution in [0.2, 0.25) is 0 Å². The van der Waals surface area contributed by atoms with E-state index in [1.807, 2.05) is 42.2 Å². The fraction of sp³-hybridized carbons (Fsp3) is 0.529. The van der Waals surface area contributed by atoms with Crippen LogP contribution in [0.3, 0.4) is 0 Å². The largest absolute Gasteiger partial charge is 0.393 e. The third-order valence-corrected chi connectivity index (χ3v) is 4.77. The fourth-order valence-electron chi connectivity index (χ4n) is 3.26. The first-order valence-electron chi connectivity index (χ1n) is 8.38. The summed E-state index contributed by atoms with van der Waals surface area (Å²) in [6.07, 6.45) is 3.39. The summed E-state index contributed by atoms with van der Waals surface area (Å²) in [4.78, 5) is 14.9. The van der Waals surface area contributed by atoms with Crippen LogP contribution in [0.25, 0.3) is 0 Å². The Hall–Kier alpha value is -2.28. The predicted octanol–water partition coefficient (Wildman–Crippen LogP) is 1.08. The monoisotopic (exact) mass is 329 g/mol. The number of likely N-dealkylation sites (tertiary alicyclic amines) is 1. The van der Waals surface area contributed by atoms with Gasteiger partial charge in [0.05, 0.1) is 6.10 Å². The van der Waals surface area contributed by atoms with E-state index >= 15 is 0 Å². The minimum atomic E-state index is -0.439. The van der Waals surface area contributed by atoms with Gasteiger partial charge < -0.3 is 10.0 Å². The molecular weight excluding hydrogens is 306 g/mol. The van der Waals surface area contributed by atoms with Gasteiger partial charge in [-0.05, 0) is 41.7 Å². The second-order valence-electron chi connectivity index (χ2n) is 6.40. The van der Waals surface area contributed by atoms with Crippen molar-refractivity contribution in [2.45, 2.75) is 38.3 Å². The van der Waals surface area contributed by atoms with Gasteiger partial charge in [0.1, 0.15) is 12.4 Å². The fourth-order valence-corrected chi connectivity index (χ4v) is 3.26. The van der Waals surface area contributed by atoms with E-state index in [2.05, 4.69) is 15.5 Å². The smallest absolute Gasteiger partial charge is 0.247 e.